The van der Waals surface area contributed by atoms with Crippen LogP contribution in [0.15, 0.2) is 41.2 Å². The molecule has 8 nitrogen and oxygen atoms in total. The van der Waals surface area contributed by atoms with E-state index in [9.17, 15) is 14.4 Å². The van der Waals surface area contributed by atoms with Crippen molar-refractivity contribution in [3.63, 3.8) is 0 Å². The Labute approximate surface area is 182 Å². The third-order valence-corrected chi connectivity index (χ3v) is 5.18. The van der Waals surface area contributed by atoms with Gasteiger partial charge in [0.05, 0.1) is 32.7 Å². The third kappa shape index (κ3) is 3.13. The molecule has 2 aromatic heterocycles. The molecular formula is C23H19FN4O4. The Kier molecular flexibility index (Phi) is 5.28. The number of benzene rings is 2. The van der Waals surface area contributed by atoms with Crippen LogP contribution in [-0.4, -0.2) is 36.1 Å². The quantitative estimate of drug-likeness (QED) is 0.514. The van der Waals surface area contributed by atoms with Crippen LogP contribution in [0.4, 0.5) is 4.39 Å². The monoisotopic (exact) mass is 434 g/mol. The number of hydrogen-bond donors (Lipinski definition) is 1. The Balaban J connectivity index is 2.14. The van der Waals surface area contributed by atoms with Crippen LogP contribution < -0.4 is 19.8 Å². The van der Waals surface area contributed by atoms with Crippen molar-refractivity contribution in [3.8, 4) is 40.1 Å². The lowest BCUT2D eigenvalue weighted by atomic mass is 9.96. The number of nitrogens with one attached hydrogen (secondary N) is 1. The second kappa shape index (κ2) is 8.07. The molecule has 0 aliphatic carbocycles. The molecule has 2 heterocycles. The highest BCUT2D eigenvalue weighted by atomic mass is 19.1. The minimum absolute atomic E-state index is 0.0928. The summed E-state index contributed by atoms with van der Waals surface area (Å²) >= 11 is 0. The van der Waals surface area contributed by atoms with Crippen molar-refractivity contribution in [2.75, 3.05) is 21.3 Å². The number of rotatable bonds is 5. The topological polar surface area (TPSA) is 102 Å². The fourth-order valence-corrected chi connectivity index (χ4v) is 3.79. The van der Waals surface area contributed by atoms with E-state index in [-0.39, 0.29) is 5.56 Å². The van der Waals surface area contributed by atoms with E-state index in [2.05, 4.69) is 10.1 Å². The van der Waals surface area contributed by atoms with Crippen molar-refractivity contribution in [1.29, 1.82) is 5.26 Å². The minimum Gasteiger partial charge on any atom is -0.493 e. The summed E-state index contributed by atoms with van der Waals surface area (Å²) in [5.41, 5.74) is 1.62. The second-order valence-corrected chi connectivity index (χ2v) is 6.90. The standard InChI is InChI=1S/C23H19FN4O4/c1-12-18-19(15-9-10-17(30-2)21(32-4)20(15)31-3)16(11-25)23(29)26-22(18)28(27-12)14-7-5-13(24)6-8-14/h5-10H,1-4H3,(H,26,29). The van der Waals surface area contributed by atoms with Gasteiger partial charge in [-0.05, 0) is 43.3 Å². The number of methoxy groups -OCH3 is 3. The molecule has 162 valence electrons. The first-order valence-corrected chi connectivity index (χ1v) is 9.56. The van der Waals surface area contributed by atoms with Gasteiger partial charge in [0, 0.05) is 16.5 Å². The fourth-order valence-electron chi connectivity index (χ4n) is 3.79. The molecule has 2 aromatic carbocycles. The number of fused-ring (bicyclic) bond motifs is 1. The molecular weight excluding hydrogens is 415 g/mol. The predicted molar refractivity (Wildman–Crippen MR) is 116 cm³/mol. The summed E-state index contributed by atoms with van der Waals surface area (Å²) in [5, 5.41) is 14.9. The zero-order valence-electron chi connectivity index (χ0n) is 17.8. The van der Waals surface area contributed by atoms with Crippen LogP contribution in [0.3, 0.4) is 0 Å². The van der Waals surface area contributed by atoms with Crippen molar-refractivity contribution in [1.82, 2.24) is 14.8 Å². The van der Waals surface area contributed by atoms with E-state index in [0.29, 0.717) is 50.8 Å². The average Bonchev–Trinajstić information content (AvgIpc) is 3.13. The first kappa shape index (κ1) is 20.9. The van der Waals surface area contributed by atoms with E-state index in [1.165, 1.54) is 38.1 Å². The van der Waals surface area contributed by atoms with Gasteiger partial charge >= 0.3 is 0 Å². The largest absolute Gasteiger partial charge is 0.493 e. The van der Waals surface area contributed by atoms with Gasteiger partial charge < -0.3 is 19.2 Å². The number of ether oxygens (including phenoxy) is 3. The van der Waals surface area contributed by atoms with Crippen LogP contribution in [0, 0.1) is 24.1 Å². The lowest BCUT2D eigenvalue weighted by molar-refractivity contribution is 0.325. The minimum atomic E-state index is -0.588. The zero-order valence-corrected chi connectivity index (χ0v) is 17.8. The molecule has 0 aliphatic heterocycles. The number of aryl methyl sites for hydroxylation is 1. The van der Waals surface area contributed by atoms with E-state index >= 15 is 0 Å². The molecule has 4 aromatic rings. The van der Waals surface area contributed by atoms with Gasteiger partial charge in [-0.25, -0.2) is 9.07 Å². The van der Waals surface area contributed by atoms with Crippen molar-refractivity contribution in [2.45, 2.75) is 6.92 Å². The third-order valence-electron chi connectivity index (χ3n) is 5.18. The maximum absolute atomic E-state index is 13.4. The van der Waals surface area contributed by atoms with Crippen LogP contribution in [0.2, 0.25) is 0 Å². The van der Waals surface area contributed by atoms with Gasteiger partial charge in [0.2, 0.25) is 5.75 Å². The van der Waals surface area contributed by atoms with Crippen LogP contribution in [0.1, 0.15) is 11.3 Å². The predicted octanol–water partition coefficient (Wildman–Crippen LogP) is 3.73. The van der Waals surface area contributed by atoms with Crippen LogP contribution in [0.25, 0.3) is 27.8 Å². The molecule has 0 bridgehead atoms. The average molecular weight is 434 g/mol. The number of hydrogen-bond acceptors (Lipinski definition) is 6. The first-order chi connectivity index (χ1) is 15.4. The lowest BCUT2D eigenvalue weighted by Crippen LogP contribution is -2.14. The molecule has 0 amide bonds. The molecule has 9 heteroatoms. The highest BCUT2D eigenvalue weighted by Crippen LogP contribution is 2.46. The Morgan fingerprint density at radius 3 is 2.31 bits per heavy atom. The van der Waals surface area contributed by atoms with Crippen LogP contribution in [-0.2, 0) is 0 Å². The van der Waals surface area contributed by atoms with Gasteiger partial charge in [0.25, 0.3) is 5.56 Å². The van der Waals surface area contributed by atoms with Crippen LogP contribution >= 0.6 is 0 Å². The Morgan fingerprint density at radius 2 is 1.72 bits per heavy atom. The van der Waals surface area contributed by atoms with Gasteiger partial charge in [-0.2, -0.15) is 10.4 Å². The number of aromatic amines is 1. The Bertz CT molecular complexity index is 1430. The van der Waals surface area contributed by atoms with Gasteiger partial charge in [-0.1, -0.05) is 0 Å². The molecule has 0 radical (unpaired) electrons. The van der Waals surface area contributed by atoms with Crippen molar-refractivity contribution < 1.29 is 18.6 Å². The van der Waals surface area contributed by atoms with E-state index < -0.39 is 11.4 Å². The number of pyridine rings is 1. The Hall–Kier alpha value is -4.32. The second-order valence-electron chi connectivity index (χ2n) is 6.90. The molecule has 0 saturated heterocycles. The zero-order chi connectivity index (χ0) is 23.0. The van der Waals surface area contributed by atoms with E-state index in [0.717, 1.165) is 0 Å². The van der Waals surface area contributed by atoms with Gasteiger partial charge in [0.1, 0.15) is 23.1 Å². The molecule has 32 heavy (non-hydrogen) atoms. The van der Waals surface area contributed by atoms with Gasteiger partial charge in [-0.15, -0.1) is 0 Å². The van der Waals surface area contributed by atoms with Gasteiger partial charge in [-0.3, -0.25) is 4.79 Å². The van der Waals surface area contributed by atoms with Crippen molar-refractivity contribution >= 4 is 11.0 Å². The highest BCUT2D eigenvalue weighted by molar-refractivity contribution is 6.00. The smallest absolute Gasteiger partial charge is 0.268 e. The molecule has 0 saturated carbocycles. The van der Waals surface area contributed by atoms with Gasteiger partial charge in [0.15, 0.2) is 11.5 Å². The molecule has 0 fully saturated rings. The number of H-pyrrole nitrogens is 1. The highest BCUT2D eigenvalue weighted by Gasteiger charge is 2.26. The van der Waals surface area contributed by atoms with Crippen LogP contribution in [0.5, 0.6) is 17.2 Å². The number of aromatic nitrogens is 3. The van der Waals surface area contributed by atoms with Crippen molar-refractivity contribution in [3.05, 3.63) is 63.8 Å². The summed E-state index contributed by atoms with van der Waals surface area (Å²) in [7, 11) is 4.44. The maximum atomic E-state index is 13.4. The van der Waals surface area contributed by atoms with E-state index in [1.54, 1.807) is 31.2 Å². The lowest BCUT2D eigenvalue weighted by Gasteiger charge is -2.17. The summed E-state index contributed by atoms with van der Waals surface area (Å²) in [6, 6.07) is 11.1. The summed E-state index contributed by atoms with van der Waals surface area (Å²) in [4.78, 5) is 15.6. The van der Waals surface area contributed by atoms with E-state index in [1.807, 2.05) is 6.07 Å². The number of nitrogens with zero attached hydrogens (tertiary/aromatic N) is 3. The first-order valence-electron chi connectivity index (χ1n) is 9.56. The number of nitriles is 1. The molecule has 0 unspecified atom stereocenters. The van der Waals surface area contributed by atoms with E-state index in [4.69, 9.17) is 14.2 Å². The normalized spacial score (nSPS) is 10.8. The summed E-state index contributed by atoms with van der Waals surface area (Å²) in [6.07, 6.45) is 0. The molecule has 0 atom stereocenters. The molecule has 0 aliphatic rings. The summed E-state index contributed by atoms with van der Waals surface area (Å²) in [5.74, 6) is 0.682. The molecule has 0 spiro atoms. The molecule has 1 N–H and O–H groups in total. The van der Waals surface area contributed by atoms with Crippen molar-refractivity contribution in [2.24, 2.45) is 0 Å². The summed E-state index contributed by atoms with van der Waals surface area (Å²) in [6.45, 7) is 1.76. The number of halogens is 1. The molecule has 4 rings (SSSR count). The SMILES string of the molecule is COc1ccc(-c2c(C#N)c(=O)[nH]c3c2c(C)nn3-c2ccc(F)cc2)c(OC)c1OC. The maximum Gasteiger partial charge on any atom is 0.268 e. The fraction of sp³-hybridized carbons (Fsp3) is 0.174. The Morgan fingerprint density at radius 1 is 1.03 bits per heavy atom. The summed E-state index contributed by atoms with van der Waals surface area (Å²) < 4.78 is 31.4.